The number of alkyl halides is 2. The summed E-state index contributed by atoms with van der Waals surface area (Å²) in [5.41, 5.74) is 2.18. The quantitative estimate of drug-likeness (QED) is 0.197. The summed E-state index contributed by atoms with van der Waals surface area (Å²) < 4.78 is 56.8. The van der Waals surface area contributed by atoms with Gasteiger partial charge in [0.05, 0.1) is 103 Å². The van der Waals surface area contributed by atoms with Crippen LogP contribution in [-0.4, -0.2) is 165 Å². The van der Waals surface area contributed by atoms with E-state index in [9.17, 15) is 19.8 Å². The molecule has 4 N–H and O–H groups in total. The van der Waals surface area contributed by atoms with Crippen LogP contribution in [0, 0.1) is 0 Å². The van der Waals surface area contributed by atoms with Gasteiger partial charge in [0.25, 0.3) is 11.8 Å². The third-order valence-electron chi connectivity index (χ3n) is 10.4. The van der Waals surface area contributed by atoms with Crippen LogP contribution < -0.4 is 29.6 Å². The molecule has 1 aliphatic heterocycles. The van der Waals surface area contributed by atoms with Gasteiger partial charge in [0.1, 0.15) is 13.2 Å². The molecule has 0 spiro atoms. The van der Waals surface area contributed by atoms with Crippen LogP contribution >= 0.6 is 23.2 Å². The summed E-state index contributed by atoms with van der Waals surface area (Å²) in [7, 11) is 0. The van der Waals surface area contributed by atoms with Gasteiger partial charge < -0.3 is 68.2 Å². The fraction of sp³-hybridized carbons (Fsp3) is 0.542. The van der Waals surface area contributed by atoms with Gasteiger partial charge in [0.15, 0.2) is 47.7 Å². The van der Waals surface area contributed by atoms with Gasteiger partial charge in [-0.3, -0.25) is 19.6 Å². The van der Waals surface area contributed by atoms with Crippen LogP contribution in [-0.2, 0) is 66.3 Å². The third-order valence-corrected chi connectivity index (χ3v) is 11.0. The molecule has 2 amide bonds. The zero-order chi connectivity index (χ0) is 48.0. The molecular weight excluding hydrogens is 986 g/mol. The maximum Gasteiger partial charge on any atom is 0.258 e. The minimum absolute atomic E-state index is 0. The smallest absolute Gasteiger partial charge is 0.258 e. The van der Waals surface area contributed by atoms with Crippen LogP contribution in [0.5, 0.6) is 34.5 Å². The zero-order valence-electron chi connectivity index (χ0n) is 38.7. The van der Waals surface area contributed by atoms with E-state index in [1.807, 2.05) is 0 Å². The second-order valence-corrected chi connectivity index (χ2v) is 15.9. The molecule has 5 rings (SSSR count). The van der Waals surface area contributed by atoms with E-state index >= 15 is 0 Å². The van der Waals surface area contributed by atoms with Crippen molar-refractivity contribution in [3.63, 3.8) is 0 Å². The molecule has 3 aromatic carbocycles. The summed E-state index contributed by atoms with van der Waals surface area (Å²) in [6.07, 6.45) is 7.04. The number of amides is 2. The van der Waals surface area contributed by atoms with E-state index < -0.39 is 11.8 Å². The van der Waals surface area contributed by atoms with E-state index in [1.165, 1.54) is 0 Å². The minimum Gasteiger partial charge on any atom is -0.504 e. The van der Waals surface area contributed by atoms with Gasteiger partial charge in [-0.25, -0.2) is 0 Å². The molecule has 384 valence electrons. The Balaban J connectivity index is 0.0000104. The number of carbonyl (C=O) groups is 2. The molecule has 2 atom stereocenters. The number of ether oxygens (including phenoxy) is 10. The van der Waals surface area contributed by atoms with Gasteiger partial charge in [-0.05, 0) is 37.1 Å². The number of hydrogen-bond donors (Lipinski definition) is 4. The number of nitrogens with one attached hydrogen (secondary N) is 2. The van der Waals surface area contributed by atoms with Crippen molar-refractivity contribution in [3.8, 4) is 34.5 Å². The summed E-state index contributed by atoms with van der Waals surface area (Å²) in [5, 5.41) is 27.4. The molecule has 2 aliphatic rings. The molecule has 1 aliphatic carbocycles. The Morgan fingerprint density at radius 3 is 1.25 bits per heavy atom. The van der Waals surface area contributed by atoms with Gasteiger partial charge in [0, 0.05) is 64.3 Å². The van der Waals surface area contributed by atoms with Crippen molar-refractivity contribution in [3.05, 3.63) is 70.8 Å². The van der Waals surface area contributed by atoms with Crippen molar-refractivity contribution >= 4 is 47.4 Å². The van der Waals surface area contributed by atoms with Gasteiger partial charge in [-0.15, -0.1) is 23.2 Å². The van der Waals surface area contributed by atoms with Crippen LogP contribution in [0.25, 0.3) is 0 Å². The number of carbonyl (C=O) groups excluding carboxylic acids is 2. The normalized spacial score (nSPS) is 20.3. The largest absolute Gasteiger partial charge is 0.504 e. The van der Waals surface area contributed by atoms with Gasteiger partial charge >= 0.3 is 0 Å². The molecule has 0 radical (unpaired) electrons. The first-order valence-corrected chi connectivity index (χ1v) is 23.9. The van der Waals surface area contributed by atoms with Crippen molar-refractivity contribution in [1.29, 1.82) is 0 Å². The maximum atomic E-state index is 12.6. The predicted molar refractivity (Wildman–Crippen MR) is 256 cm³/mol. The molecule has 21 heteroatoms. The van der Waals surface area contributed by atoms with Crippen molar-refractivity contribution < 1.29 is 83.7 Å². The topological polar surface area (TPSA) is 216 Å². The van der Waals surface area contributed by atoms with Crippen LogP contribution in [0.1, 0.15) is 47.9 Å². The first kappa shape index (κ1) is 57.2. The van der Waals surface area contributed by atoms with E-state index in [0.717, 1.165) is 25.7 Å². The van der Waals surface area contributed by atoms with Gasteiger partial charge in [0.2, 0.25) is 0 Å². The molecule has 0 unspecified atom stereocenters. The second-order valence-electron chi connectivity index (χ2n) is 15.3. The molecule has 1 fully saturated rings. The number of halogens is 2. The number of benzene rings is 3. The number of fused-ring (bicyclic) bond motifs is 6. The van der Waals surface area contributed by atoms with Crippen LogP contribution in [0.15, 0.2) is 58.5 Å². The van der Waals surface area contributed by atoms with Crippen LogP contribution in [0.2, 0.25) is 0 Å². The summed E-state index contributed by atoms with van der Waals surface area (Å²) in [6, 6.07) is 13.8. The summed E-state index contributed by atoms with van der Waals surface area (Å²) in [6.45, 7) is 3.96. The average molecular weight is 1050 g/mol. The number of aliphatic imine (C=N–C) groups is 2. The fourth-order valence-electron chi connectivity index (χ4n) is 6.89. The molecule has 0 saturated heterocycles. The maximum absolute atomic E-state index is 12.6. The SMILES string of the molecule is O=C1COc2c(CCl)ccc(CCl)c2OCC(=O)NCCOCCOCCOCCOc2cccc(c2O)C=N[C@H]2CCCC[C@@H]2N=Cc2cccc(c2O)OCCOCCOCCOCCN1.[Ni]. The van der Waals surface area contributed by atoms with E-state index in [4.69, 9.17) is 80.6 Å². The number of aromatic hydroxyl groups is 2. The number of hydrogen-bond acceptors (Lipinski definition) is 16. The molecule has 4 bridgehead atoms. The Morgan fingerprint density at radius 1 is 0.507 bits per heavy atom. The van der Waals surface area contributed by atoms with E-state index in [0.29, 0.717) is 86.6 Å². The monoisotopic (exact) mass is 1050 g/mol. The van der Waals surface area contributed by atoms with Crippen LogP contribution in [0.3, 0.4) is 0 Å². The fourth-order valence-corrected chi connectivity index (χ4v) is 7.31. The second kappa shape index (κ2) is 34.0. The number of para-hydroxylation sites is 2. The minimum atomic E-state index is -0.397. The number of phenolic OH excluding ortho intramolecular Hbond substituents is 2. The Bertz CT molecular complexity index is 1900. The zero-order valence-corrected chi connectivity index (χ0v) is 41.2. The molecule has 1 saturated carbocycles. The van der Waals surface area contributed by atoms with Crippen molar-refractivity contribution in [1.82, 2.24) is 10.6 Å². The molecule has 3 aromatic rings. The van der Waals surface area contributed by atoms with Crippen molar-refractivity contribution in [2.24, 2.45) is 9.98 Å². The van der Waals surface area contributed by atoms with E-state index in [2.05, 4.69) is 10.6 Å². The Morgan fingerprint density at radius 2 is 0.870 bits per heavy atom. The van der Waals surface area contributed by atoms with Gasteiger partial charge in [-0.1, -0.05) is 37.1 Å². The number of phenols is 2. The summed E-state index contributed by atoms with van der Waals surface area (Å²) >= 11 is 12.4. The number of rotatable bonds is 2. The Hall–Kier alpha value is -4.43. The molecule has 18 nitrogen and oxygen atoms in total. The molecular formula is C48H64Cl2N4NiO14. The standard InChI is InChI=1S/C48H64Cl2N4O14.Ni/c49-29-35-11-12-36(30-50)48-47(35)67-33-43(55)51-13-15-59-17-19-61-21-23-63-25-27-65-41-9-3-5-37(45(41)57)31-53-39-7-1-2-8-40(39)54-32-38-6-4-10-42(46(38)58)66-28-26-64-24-22-62-20-18-60-16-14-52-44(56)34-68-48;/h3-6,9-12,31-32,39-40,57-58H,1-2,7-8,13-30,33-34H2,(H,51,55)(H,52,56);/t39-,40-;/m0./s1. The Labute approximate surface area is 423 Å². The summed E-state index contributed by atoms with van der Waals surface area (Å²) in [5.74, 6) is 0.406. The number of nitrogens with zero attached hydrogens (tertiary/aromatic N) is 2. The molecule has 1 heterocycles. The summed E-state index contributed by atoms with van der Waals surface area (Å²) in [4.78, 5) is 34.9. The predicted octanol–water partition coefficient (Wildman–Crippen LogP) is 4.98. The van der Waals surface area contributed by atoms with Crippen molar-refractivity contribution in [2.45, 2.75) is 49.5 Å². The van der Waals surface area contributed by atoms with Gasteiger partial charge in [-0.2, -0.15) is 0 Å². The third kappa shape index (κ3) is 20.8. The molecule has 69 heavy (non-hydrogen) atoms. The van der Waals surface area contributed by atoms with E-state index in [1.54, 1.807) is 61.0 Å². The Kier molecular flexibility index (Phi) is 28.2. The molecule has 0 aromatic heterocycles. The van der Waals surface area contributed by atoms with Crippen LogP contribution in [0.4, 0.5) is 0 Å². The first-order chi connectivity index (χ1) is 33.4. The van der Waals surface area contributed by atoms with E-state index in [-0.39, 0.29) is 129 Å². The average Bonchev–Trinajstić information content (AvgIpc) is 3.35. The first-order valence-electron chi connectivity index (χ1n) is 22.9. The van der Waals surface area contributed by atoms with Crippen molar-refractivity contribution in [2.75, 3.05) is 119 Å².